The highest BCUT2D eigenvalue weighted by Gasteiger charge is 2.26. The van der Waals surface area contributed by atoms with Crippen LogP contribution in [-0.4, -0.2) is 79.1 Å². The van der Waals surface area contributed by atoms with Crippen molar-refractivity contribution in [2.75, 3.05) is 31.6 Å². The fourth-order valence-corrected chi connectivity index (χ4v) is 3.67. The maximum atomic E-state index is 15.2. The van der Waals surface area contributed by atoms with Gasteiger partial charge < -0.3 is 25.2 Å². The van der Waals surface area contributed by atoms with E-state index >= 15 is 4.39 Å². The molecule has 1 aliphatic heterocycles. The summed E-state index contributed by atoms with van der Waals surface area (Å²) in [7, 11) is 0. The molecule has 0 saturated carbocycles. The number of aliphatic hydroxyl groups excluding tert-OH is 2. The number of hydrogen-bond donors (Lipinski definition) is 3. The molecule has 1 amide bonds. The van der Waals surface area contributed by atoms with Crippen molar-refractivity contribution >= 4 is 17.2 Å². The van der Waals surface area contributed by atoms with Crippen LogP contribution in [0.1, 0.15) is 19.8 Å². The summed E-state index contributed by atoms with van der Waals surface area (Å²) < 4.78 is 22.4. The minimum atomic E-state index is -0.781. The first-order valence-electron chi connectivity index (χ1n) is 10.4. The number of aromatic nitrogens is 4. The molecule has 0 bridgehead atoms. The fraction of sp³-hybridized carbons (Fsp3) is 0.429. The van der Waals surface area contributed by atoms with Gasteiger partial charge in [-0.3, -0.25) is 4.79 Å². The summed E-state index contributed by atoms with van der Waals surface area (Å²) in [5.41, 5.74) is 1.33. The molecule has 1 aliphatic rings. The van der Waals surface area contributed by atoms with Crippen LogP contribution >= 0.6 is 0 Å². The van der Waals surface area contributed by atoms with E-state index in [-0.39, 0.29) is 36.1 Å². The lowest BCUT2D eigenvalue weighted by atomic mass is 10.1. The third-order valence-electron chi connectivity index (χ3n) is 5.31. The molecule has 4 rings (SSSR count). The average molecular weight is 444 g/mol. The van der Waals surface area contributed by atoms with E-state index in [1.54, 1.807) is 23.8 Å². The Hall–Kier alpha value is -3.31. The first-order valence-corrected chi connectivity index (χ1v) is 10.4. The Kier molecular flexibility index (Phi) is 6.47. The van der Waals surface area contributed by atoms with Crippen molar-refractivity contribution in [1.29, 1.82) is 0 Å². The zero-order chi connectivity index (χ0) is 22.7. The molecule has 170 valence electrons. The second kappa shape index (κ2) is 9.45. The first kappa shape index (κ1) is 21.9. The van der Waals surface area contributed by atoms with E-state index in [2.05, 4.69) is 20.4 Å². The number of halogens is 1. The molecule has 32 heavy (non-hydrogen) atoms. The van der Waals surface area contributed by atoms with Gasteiger partial charge in [-0.15, -0.1) is 0 Å². The van der Waals surface area contributed by atoms with Gasteiger partial charge in [-0.25, -0.2) is 9.50 Å². The summed E-state index contributed by atoms with van der Waals surface area (Å²) >= 11 is 0. The lowest BCUT2D eigenvalue weighted by molar-refractivity contribution is -0.135. The average Bonchev–Trinajstić information content (AvgIpc) is 3.25. The van der Waals surface area contributed by atoms with E-state index in [9.17, 15) is 9.90 Å². The highest BCUT2D eigenvalue weighted by atomic mass is 19.1. The number of nitrogens with one attached hydrogen (secondary N) is 1. The van der Waals surface area contributed by atoms with Gasteiger partial charge in [-0.1, -0.05) is 6.07 Å². The van der Waals surface area contributed by atoms with Crippen LogP contribution in [-0.2, 0) is 4.79 Å². The van der Waals surface area contributed by atoms with Gasteiger partial charge in [0.2, 0.25) is 11.7 Å². The summed E-state index contributed by atoms with van der Waals surface area (Å²) in [6.07, 6.45) is 4.11. The molecule has 0 radical (unpaired) electrons. The third kappa shape index (κ3) is 4.48. The van der Waals surface area contributed by atoms with Gasteiger partial charge >= 0.3 is 0 Å². The van der Waals surface area contributed by atoms with Crippen molar-refractivity contribution < 1.29 is 24.1 Å². The maximum Gasteiger partial charge on any atom is 0.256 e. The molecule has 11 heteroatoms. The molecule has 1 saturated heterocycles. The van der Waals surface area contributed by atoms with Crippen LogP contribution in [0.4, 0.5) is 10.2 Å². The Labute approximate surface area is 183 Å². The largest absolute Gasteiger partial charge is 0.470 e. The van der Waals surface area contributed by atoms with Crippen molar-refractivity contribution in [3.05, 3.63) is 36.4 Å². The zero-order valence-corrected chi connectivity index (χ0v) is 17.6. The monoisotopic (exact) mass is 444 g/mol. The lowest BCUT2D eigenvalue weighted by Crippen LogP contribution is -2.46. The van der Waals surface area contributed by atoms with Crippen molar-refractivity contribution in [3.63, 3.8) is 0 Å². The van der Waals surface area contributed by atoms with E-state index in [1.807, 2.05) is 18.2 Å². The molecule has 0 spiro atoms. The van der Waals surface area contributed by atoms with Crippen LogP contribution in [0.5, 0.6) is 5.88 Å². The maximum absolute atomic E-state index is 15.2. The number of carbonyl (C=O) groups excluding carboxylic acids is 1. The number of rotatable bonds is 7. The molecule has 0 unspecified atom stereocenters. The van der Waals surface area contributed by atoms with E-state index in [0.717, 1.165) is 5.52 Å². The number of ether oxygens (including phenoxy) is 1. The number of anilines is 1. The van der Waals surface area contributed by atoms with Crippen LogP contribution in [0, 0.1) is 5.82 Å². The van der Waals surface area contributed by atoms with Gasteiger partial charge in [0.1, 0.15) is 12.7 Å². The number of fused-ring (bicyclic) bond motifs is 1. The number of nitrogens with zero attached hydrogens (tertiary/aromatic N) is 5. The van der Waals surface area contributed by atoms with E-state index in [0.29, 0.717) is 31.5 Å². The highest BCUT2D eigenvalue weighted by molar-refractivity contribution is 5.77. The van der Waals surface area contributed by atoms with Crippen molar-refractivity contribution in [3.8, 4) is 17.3 Å². The molecule has 1 fully saturated rings. The Bertz CT molecular complexity index is 1110. The minimum Gasteiger partial charge on any atom is -0.470 e. The molecular weight excluding hydrogens is 419 g/mol. The van der Waals surface area contributed by atoms with Crippen LogP contribution in [0.3, 0.4) is 0 Å². The van der Waals surface area contributed by atoms with Crippen molar-refractivity contribution in [2.24, 2.45) is 0 Å². The molecule has 4 heterocycles. The van der Waals surface area contributed by atoms with Gasteiger partial charge in [0.25, 0.3) is 5.88 Å². The molecule has 0 aromatic carbocycles. The van der Waals surface area contributed by atoms with Crippen molar-refractivity contribution in [1.82, 2.24) is 24.5 Å². The molecule has 3 N–H and O–H groups in total. The van der Waals surface area contributed by atoms with Gasteiger partial charge in [0.15, 0.2) is 11.6 Å². The van der Waals surface area contributed by atoms with E-state index in [1.165, 1.54) is 4.90 Å². The molecule has 2 atom stereocenters. The second-order valence-corrected chi connectivity index (χ2v) is 7.70. The number of aliphatic hydroxyl groups is 2. The number of carbonyl (C=O) groups is 1. The predicted molar refractivity (Wildman–Crippen MR) is 114 cm³/mol. The number of pyridine rings is 1. The molecule has 3 aromatic heterocycles. The number of hydrogen-bond acceptors (Lipinski definition) is 8. The van der Waals surface area contributed by atoms with Gasteiger partial charge in [-0.05, 0) is 31.9 Å². The van der Waals surface area contributed by atoms with Crippen LogP contribution < -0.4 is 10.1 Å². The summed E-state index contributed by atoms with van der Waals surface area (Å²) in [6.45, 7) is 1.59. The van der Waals surface area contributed by atoms with Crippen LogP contribution in [0.15, 0.2) is 30.6 Å². The number of likely N-dealkylation sites (tertiary alicyclic amines) is 1. The normalized spacial score (nSPS) is 17.4. The molecular formula is C21H25FN6O4. The van der Waals surface area contributed by atoms with Gasteiger partial charge in [-0.2, -0.15) is 14.5 Å². The summed E-state index contributed by atoms with van der Waals surface area (Å²) in [6, 6.07) is 5.27. The Morgan fingerprint density at radius 2 is 2.22 bits per heavy atom. The fourth-order valence-electron chi connectivity index (χ4n) is 3.67. The summed E-state index contributed by atoms with van der Waals surface area (Å²) in [4.78, 5) is 22.1. The van der Waals surface area contributed by atoms with Gasteiger partial charge in [0, 0.05) is 25.3 Å². The zero-order valence-electron chi connectivity index (χ0n) is 17.6. The molecule has 0 aliphatic carbocycles. The number of amides is 1. The minimum absolute atomic E-state index is 0.0614. The molecule has 10 nitrogen and oxygen atoms in total. The Morgan fingerprint density at radius 3 is 3.00 bits per heavy atom. The quantitative estimate of drug-likeness (QED) is 0.495. The Morgan fingerprint density at radius 1 is 1.38 bits per heavy atom. The van der Waals surface area contributed by atoms with Crippen LogP contribution in [0.2, 0.25) is 0 Å². The smallest absolute Gasteiger partial charge is 0.256 e. The van der Waals surface area contributed by atoms with E-state index in [4.69, 9.17) is 9.84 Å². The standard InChI is InChI=1S/C21H25FN6O4/c1-13(11-29)32-21-18(22)20(24-14-5-4-7-27(10-14)17(31)12-30)25-19(26-21)15-9-23-28-8-3-2-6-16(15)28/h2-3,6,8-9,13-14,29-30H,4-5,7,10-12H2,1H3,(H,24,25,26)/t13-,14-/m1/s1. The predicted octanol–water partition coefficient (Wildman–Crippen LogP) is 1.09. The van der Waals surface area contributed by atoms with Crippen LogP contribution in [0.25, 0.3) is 16.9 Å². The van der Waals surface area contributed by atoms with E-state index < -0.39 is 18.5 Å². The topological polar surface area (TPSA) is 125 Å². The SMILES string of the molecule is C[C@H](CO)Oc1nc(-c2cnn3ccccc23)nc(N[C@@H]2CCCN(C(=O)CO)C2)c1F. The lowest BCUT2D eigenvalue weighted by Gasteiger charge is -2.33. The van der Waals surface area contributed by atoms with Crippen molar-refractivity contribution in [2.45, 2.75) is 31.9 Å². The first-order chi connectivity index (χ1) is 15.5. The summed E-state index contributed by atoms with van der Waals surface area (Å²) in [5, 5.41) is 25.8. The second-order valence-electron chi connectivity index (χ2n) is 7.70. The van der Waals surface area contributed by atoms with Gasteiger partial charge in [0.05, 0.1) is 23.9 Å². The molecule has 3 aromatic rings. The highest BCUT2D eigenvalue weighted by Crippen LogP contribution is 2.30. The third-order valence-corrected chi connectivity index (χ3v) is 5.31. The summed E-state index contributed by atoms with van der Waals surface area (Å²) in [5.74, 6) is -1.28. The Balaban J connectivity index is 1.70. The number of piperidine rings is 1.